The van der Waals surface area contributed by atoms with E-state index in [-0.39, 0.29) is 12.5 Å². The highest BCUT2D eigenvalue weighted by molar-refractivity contribution is 7.99. The Morgan fingerprint density at radius 1 is 1.36 bits per heavy atom. The molecular weight excluding hydrogens is 334 g/mol. The Kier molecular flexibility index (Phi) is 6.07. The van der Waals surface area contributed by atoms with Gasteiger partial charge in [0.05, 0.1) is 6.61 Å². The third-order valence-corrected chi connectivity index (χ3v) is 5.36. The number of carbonyl (C=O) groups is 1. The number of nitrogens with one attached hydrogen (secondary N) is 2. The highest BCUT2D eigenvalue weighted by atomic mass is 32.2. The second-order valence-corrected chi connectivity index (χ2v) is 7.20. The van der Waals surface area contributed by atoms with E-state index in [4.69, 9.17) is 5.11 Å². The van der Waals surface area contributed by atoms with Crippen molar-refractivity contribution in [1.29, 1.82) is 0 Å². The van der Waals surface area contributed by atoms with Crippen LogP contribution < -0.4 is 10.6 Å². The van der Waals surface area contributed by atoms with Crippen LogP contribution >= 0.6 is 11.8 Å². The van der Waals surface area contributed by atoms with Gasteiger partial charge in [-0.2, -0.15) is 0 Å². The van der Waals surface area contributed by atoms with Crippen molar-refractivity contribution in [1.82, 2.24) is 15.6 Å². The van der Waals surface area contributed by atoms with Crippen LogP contribution in [-0.2, 0) is 19.5 Å². The number of pyridine rings is 1. The number of fused-ring (bicyclic) bond motifs is 1. The molecule has 3 rings (SSSR count). The second kappa shape index (κ2) is 8.47. The number of aryl methyl sites for hydroxylation is 1. The summed E-state index contributed by atoms with van der Waals surface area (Å²) in [5.41, 5.74) is 5.32. The number of aromatic nitrogens is 1. The van der Waals surface area contributed by atoms with Crippen LogP contribution in [0.1, 0.15) is 32.7 Å². The smallest absolute Gasteiger partial charge is 0.251 e. The Hall–Kier alpha value is -1.89. The van der Waals surface area contributed by atoms with E-state index in [9.17, 15) is 4.79 Å². The third-order valence-electron chi connectivity index (χ3n) is 4.37. The molecule has 0 aliphatic carbocycles. The molecule has 2 heterocycles. The predicted octanol–water partition coefficient (Wildman–Crippen LogP) is 2.05. The number of nitrogens with zero attached hydrogens (tertiary/aromatic N) is 1. The van der Waals surface area contributed by atoms with Gasteiger partial charge < -0.3 is 15.7 Å². The average Bonchev–Trinajstić information content (AvgIpc) is 2.65. The summed E-state index contributed by atoms with van der Waals surface area (Å²) in [6.07, 6.45) is 2.91. The highest BCUT2D eigenvalue weighted by Gasteiger charge is 2.16. The molecule has 1 aromatic carbocycles. The fourth-order valence-corrected chi connectivity index (χ4v) is 3.67. The first-order valence-electron chi connectivity index (χ1n) is 8.48. The van der Waals surface area contributed by atoms with Gasteiger partial charge in [-0.15, -0.1) is 11.8 Å². The van der Waals surface area contributed by atoms with E-state index in [0.717, 1.165) is 35.7 Å². The van der Waals surface area contributed by atoms with Crippen molar-refractivity contribution in [3.63, 3.8) is 0 Å². The molecule has 3 N–H and O–H groups in total. The third kappa shape index (κ3) is 4.39. The standard InChI is InChI=1S/C19H23N3O2S/c1-13-18(17-6-7-20-10-15(17)11-21-13)12-22-19(24)14-2-4-16(5-3-14)25-9-8-23/h2-5,11,20,23H,6-10,12H2,1H3,(H,22,24). The molecule has 0 fully saturated rings. The Morgan fingerprint density at radius 2 is 2.16 bits per heavy atom. The van der Waals surface area contributed by atoms with Gasteiger partial charge in [-0.25, -0.2) is 0 Å². The summed E-state index contributed by atoms with van der Waals surface area (Å²) in [5, 5.41) is 15.2. The molecule has 132 valence electrons. The maximum Gasteiger partial charge on any atom is 0.251 e. The van der Waals surface area contributed by atoms with Gasteiger partial charge in [-0.05, 0) is 60.8 Å². The van der Waals surface area contributed by atoms with Gasteiger partial charge in [0.2, 0.25) is 0 Å². The molecule has 1 aliphatic rings. The summed E-state index contributed by atoms with van der Waals surface area (Å²) in [5.74, 6) is 0.579. The van der Waals surface area contributed by atoms with Crippen LogP contribution in [0.15, 0.2) is 35.4 Å². The van der Waals surface area contributed by atoms with E-state index in [1.54, 1.807) is 11.8 Å². The van der Waals surface area contributed by atoms with Crippen molar-refractivity contribution in [3.05, 3.63) is 58.4 Å². The van der Waals surface area contributed by atoms with E-state index in [2.05, 4.69) is 15.6 Å². The zero-order valence-electron chi connectivity index (χ0n) is 14.3. The predicted molar refractivity (Wildman–Crippen MR) is 99.8 cm³/mol. The lowest BCUT2D eigenvalue weighted by Gasteiger charge is -2.21. The summed E-state index contributed by atoms with van der Waals surface area (Å²) in [7, 11) is 0. The first-order valence-corrected chi connectivity index (χ1v) is 9.46. The van der Waals surface area contributed by atoms with E-state index in [1.807, 2.05) is 37.4 Å². The van der Waals surface area contributed by atoms with Gasteiger partial charge in [0, 0.05) is 41.2 Å². The number of thioether (sulfide) groups is 1. The Morgan fingerprint density at radius 3 is 2.92 bits per heavy atom. The summed E-state index contributed by atoms with van der Waals surface area (Å²) >= 11 is 1.57. The number of carbonyl (C=O) groups excluding carboxylic acids is 1. The highest BCUT2D eigenvalue weighted by Crippen LogP contribution is 2.21. The van der Waals surface area contributed by atoms with Crippen LogP contribution in [0.4, 0.5) is 0 Å². The largest absolute Gasteiger partial charge is 0.396 e. The number of rotatable bonds is 6. The van der Waals surface area contributed by atoms with Crippen molar-refractivity contribution in [2.75, 3.05) is 18.9 Å². The fraction of sp³-hybridized carbons (Fsp3) is 0.368. The van der Waals surface area contributed by atoms with Crippen molar-refractivity contribution < 1.29 is 9.90 Å². The monoisotopic (exact) mass is 357 g/mol. The van der Waals surface area contributed by atoms with Gasteiger partial charge in [-0.3, -0.25) is 9.78 Å². The molecule has 0 saturated heterocycles. The number of hydrogen-bond donors (Lipinski definition) is 3. The Labute approximate surface area is 152 Å². The molecule has 0 atom stereocenters. The molecule has 25 heavy (non-hydrogen) atoms. The first kappa shape index (κ1) is 17.9. The normalized spacial score (nSPS) is 13.4. The Balaban J connectivity index is 1.66. The van der Waals surface area contributed by atoms with Crippen molar-refractivity contribution >= 4 is 17.7 Å². The lowest BCUT2D eigenvalue weighted by Crippen LogP contribution is -2.28. The van der Waals surface area contributed by atoms with Crippen LogP contribution in [0.25, 0.3) is 0 Å². The molecule has 0 radical (unpaired) electrons. The van der Waals surface area contributed by atoms with Gasteiger partial charge in [0.1, 0.15) is 0 Å². The molecule has 1 aliphatic heterocycles. The van der Waals surface area contributed by atoms with E-state index >= 15 is 0 Å². The number of aliphatic hydroxyl groups excluding tert-OH is 1. The zero-order valence-corrected chi connectivity index (χ0v) is 15.2. The lowest BCUT2D eigenvalue weighted by atomic mass is 9.96. The average molecular weight is 357 g/mol. The molecule has 0 unspecified atom stereocenters. The van der Waals surface area contributed by atoms with E-state index in [1.165, 1.54) is 11.1 Å². The number of benzene rings is 1. The molecule has 1 amide bonds. The van der Waals surface area contributed by atoms with Gasteiger partial charge in [0.25, 0.3) is 5.91 Å². The minimum Gasteiger partial charge on any atom is -0.396 e. The van der Waals surface area contributed by atoms with Crippen LogP contribution in [-0.4, -0.2) is 34.9 Å². The number of hydrogen-bond acceptors (Lipinski definition) is 5. The van der Waals surface area contributed by atoms with Gasteiger partial charge in [-0.1, -0.05) is 0 Å². The van der Waals surface area contributed by atoms with Gasteiger partial charge in [0.15, 0.2) is 0 Å². The van der Waals surface area contributed by atoms with Crippen LogP contribution in [0.2, 0.25) is 0 Å². The molecule has 2 aromatic rings. The second-order valence-electron chi connectivity index (χ2n) is 6.03. The fourth-order valence-electron chi connectivity index (χ4n) is 3.01. The van der Waals surface area contributed by atoms with Crippen molar-refractivity contribution in [3.8, 4) is 0 Å². The quantitative estimate of drug-likeness (QED) is 0.690. The molecule has 0 spiro atoms. The summed E-state index contributed by atoms with van der Waals surface area (Å²) in [6.45, 7) is 4.46. The van der Waals surface area contributed by atoms with Crippen molar-refractivity contribution in [2.24, 2.45) is 0 Å². The molecular formula is C19H23N3O2S. The van der Waals surface area contributed by atoms with Crippen molar-refractivity contribution in [2.45, 2.75) is 31.3 Å². The molecule has 0 saturated carbocycles. The van der Waals surface area contributed by atoms with Gasteiger partial charge >= 0.3 is 0 Å². The molecule has 6 heteroatoms. The topological polar surface area (TPSA) is 74.2 Å². The number of amides is 1. The summed E-state index contributed by atoms with van der Waals surface area (Å²) in [4.78, 5) is 18.0. The maximum absolute atomic E-state index is 12.4. The first-order chi connectivity index (χ1) is 12.2. The maximum atomic E-state index is 12.4. The van der Waals surface area contributed by atoms with Crippen LogP contribution in [0.3, 0.4) is 0 Å². The molecule has 1 aromatic heterocycles. The molecule has 5 nitrogen and oxygen atoms in total. The lowest BCUT2D eigenvalue weighted by molar-refractivity contribution is 0.0950. The number of aliphatic hydroxyl groups is 1. The van der Waals surface area contributed by atoms with E-state index < -0.39 is 0 Å². The summed E-state index contributed by atoms with van der Waals surface area (Å²) < 4.78 is 0. The van der Waals surface area contributed by atoms with Crippen LogP contribution in [0.5, 0.6) is 0 Å². The summed E-state index contributed by atoms with van der Waals surface area (Å²) in [6, 6.07) is 7.48. The molecule has 0 bridgehead atoms. The minimum atomic E-state index is -0.0790. The Bertz CT molecular complexity index is 747. The van der Waals surface area contributed by atoms with E-state index in [0.29, 0.717) is 17.9 Å². The SMILES string of the molecule is Cc1ncc2c(c1CNC(=O)c1ccc(SCCO)cc1)CCNC2. The minimum absolute atomic E-state index is 0.0790. The van der Waals surface area contributed by atoms with Crippen LogP contribution in [0, 0.1) is 6.92 Å². The zero-order chi connectivity index (χ0) is 17.6.